The van der Waals surface area contributed by atoms with Crippen LogP contribution in [0, 0.1) is 24.3 Å². The average molecular weight is 202 g/mol. The quantitative estimate of drug-likeness (QED) is 0.354. The fourth-order valence-corrected chi connectivity index (χ4v) is 0.349. The zero-order valence-electron chi connectivity index (χ0n) is 6.35. The van der Waals surface area contributed by atoms with Gasteiger partial charge in [-0.15, -0.1) is 29.3 Å². The van der Waals surface area contributed by atoms with Gasteiger partial charge in [0.05, 0.1) is 0 Å². The molecule has 0 saturated carbocycles. The number of hydrogen-bond donors (Lipinski definition) is 0. The van der Waals surface area contributed by atoms with Crippen molar-refractivity contribution >= 4 is 17.0 Å². The van der Waals surface area contributed by atoms with E-state index in [4.69, 9.17) is 6.42 Å². The van der Waals surface area contributed by atoms with E-state index in [2.05, 4.69) is 17.9 Å². The summed E-state index contributed by atoms with van der Waals surface area (Å²) in [4.78, 5) is 1.82. The minimum Gasteiger partial charge on any atom is -0.339 e. The third-order valence-corrected chi connectivity index (χ3v) is 0.697. The Morgan fingerprint density at radius 2 is 1.90 bits per heavy atom. The summed E-state index contributed by atoms with van der Waals surface area (Å²) in [6.07, 6.45) is 6.57. The van der Waals surface area contributed by atoms with E-state index in [0.717, 1.165) is 12.8 Å². The summed E-state index contributed by atoms with van der Waals surface area (Å²) in [7, 11) is 3.81. The average Bonchev–Trinajstić information content (AvgIpc) is 1.80. The minimum atomic E-state index is 0. The first-order valence-electron chi connectivity index (χ1n) is 2.86. The molecule has 0 heterocycles. The van der Waals surface area contributed by atoms with Crippen molar-refractivity contribution in [1.29, 1.82) is 0 Å². The van der Waals surface area contributed by atoms with E-state index in [1.807, 2.05) is 19.0 Å². The van der Waals surface area contributed by atoms with Crippen LogP contribution in [0.5, 0.6) is 0 Å². The number of rotatable bonds is 1. The molecule has 0 aliphatic carbocycles. The molecule has 0 aliphatic rings. The Kier molecular flexibility index (Phi) is 10.2. The molecule has 0 aromatic rings. The molecule has 0 saturated heterocycles. The summed E-state index contributed by atoms with van der Waals surface area (Å²) >= 11 is 0. The van der Waals surface area contributed by atoms with Gasteiger partial charge in [0.2, 0.25) is 0 Å². The molecule has 0 radical (unpaired) electrons. The highest BCUT2D eigenvalue weighted by molar-refractivity contribution is 8.93. The Morgan fingerprint density at radius 3 is 2.30 bits per heavy atom. The molecule has 0 aliphatic heterocycles. The lowest BCUT2D eigenvalue weighted by Crippen LogP contribution is -2.00. The van der Waals surface area contributed by atoms with Crippen molar-refractivity contribution in [3.8, 4) is 24.3 Å². The van der Waals surface area contributed by atoms with Crippen molar-refractivity contribution in [1.82, 2.24) is 4.90 Å². The summed E-state index contributed by atoms with van der Waals surface area (Å²) in [5, 5.41) is 0. The van der Waals surface area contributed by atoms with Gasteiger partial charge in [0.15, 0.2) is 0 Å². The Labute approximate surface area is 73.6 Å². The van der Waals surface area contributed by atoms with Gasteiger partial charge in [-0.1, -0.05) is 5.92 Å². The van der Waals surface area contributed by atoms with E-state index in [9.17, 15) is 0 Å². The maximum Gasteiger partial charge on any atom is 0.0217 e. The molecule has 0 aromatic carbocycles. The zero-order chi connectivity index (χ0) is 7.11. The molecule has 0 unspecified atom stereocenters. The highest BCUT2D eigenvalue weighted by Gasteiger charge is 1.73. The van der Waals surface area contributed by atoms with Crippen LogP contribution in [0.15, 0.2) is 0 Å². The summed E-state index contributed by atoms with van der Waals surface area (Å²) < 4.78 is 0. The standard InChI is InChI=1S/C8H11N.BrH/c1-4-5-6-7-8-9(2)3;/h1H,5-6H2,2-3H3;1H. The number of halogens is 1. The Morgan fingerprint density at radius 1 is 1.30 bits per heavy atom. The summed E-state index contributed by atoms with van der Waals surface area (Å²) in [5.41, 5.74) is 0. The lowest BCUT2D eigenvalue weighted by atomic mass is 10.3. The molecule has 0 aromatic heterocycles. The van der Waals surface area contributed by atoms with Crippen LogP contribution in [0.1, 0.15) is 12.8 Å². The van der Waals surface area contributed by atoms with E-state index in [-0.39, 0.29) is 17.0 Å². The van der Waals surface area contributed by atoms with Gasteiger partial charge in [-0.05, 0) is 0 Å². The normalized spacial score (nSPS) is 6.10. The molecule has 0 atom stereocenters. The van der Waals surface area contributed by atoms with Crippen molar-refractivity contribution in [3.05, 3.63) is 0 Å². The van der Waals surface area contributed by atoms with Crippen molar-refractivity contribution < 1.29 is 0 Å². The molecule has 1 nitrogen and oxygen atoms in total. The van der Waals surface area contributed by atoms with Crippen LogP contribution in [0.4, 0.5) is 0 Å². The first kappa shape index (κ1) is 12.1. The fourth-order valence-electron chi connectivity index (χ4n) is 0.349. The van der Waals surface area contributed by atoms with E-state index in [1.54, 1.807) is 0 Å². The van der Waals surface area contributed by atoms with Crippen LogP contribution in [-0.2, 0) is 0 Å². The van der Waals surface area contributed by atoms with Crippen LogP contribution in [-0.4, -0.2) is 19.0 Å². The van der Waals surface area contributed by atoms with Gasteiger partial charge < -0.3 is 4.90 Å². The summed E-state index contributed by atoms with van der Waals surface area (Å²) in [5.74, 6) is 5.44. The maximum absolute atomic E-state index is 5.01. The topological polar surface area (TPSA) is 3.24 Å². The Bertz CT molecular complexity index is 156. The molecule has 0 amide bonds. The van der Waals surface area contributed by atoms with Gasteiger partial charge in [0.25, 0.3) is 0 Å². The van der Waals surface area contributed by atoms with Crippen molar-refractivity contribution in [2.24, 2.45) is 0 Å². The minimum absolute atomic E-state index is 0. The predicted octanol–water partition coefficient (Wildman–Crippen LogP) is 1.50. The summed E-state index contributed by atoms with van der Waals surface area (Å²) in [6, 6.07) is 2.87. The summed E-state index contributed by atoms with van der Waals surface area (Å²) in [6.45, 7) is 0. The van der Waals surface area contributed by atoms with Crippen LogP contribution in [0.25, 0.3) is 0 Å². The van der Waals surface area contributed by atoms with Gasteiger partial charge in [0, 0.05) is 33.0 Å². The molecule has 10 heavy (non-hydrogen) atoms. The molecule has 56 valence electrons. The van der Waals surface area contributed by atoms with Crippen LogP contribution >= 0.6 is 17.0 Å². The molecule has 0 bridgehead atoms. The molecular formula is C8H12BrN. The largest absolute Gasteiger partial charge is 0.339 e. The third-order valence-electron chi connectivity index (χ3n) is 0.697. The molecule has 0 rings (SSSR count). The molecule has 0 spiro atoms. The lowest BCUT2D eigenvalue weighted by molar-refractivity contribution is 0.596. The Hall–Kier alpha value is -0.600. The first-order valence-corrected chi connectivity index (χ1v) is 2.86. The third kappa shape index (κ3) is 10.4. The van der Waals surface area contributed by atoms with Gasteiger partial charge >= 0.3 is 0 Å². The highest BCUT2D eigenvalue weighted by atomic mass is 79.9. The number of unbranched alkanes of at least 4 members (excludes halogenated alkanes) is 1. The lowest BCUT2D eigenvalue weighted by Gasteiger charge is -1.96. The van der Waals surface area contributed by atoms with Gasteiger partial charge in [0.1, 0.15) is 0 Å². The van der Waals surface area contributed by atoms with Crippen LogP contribution in [0.3, 0.4) is 0 Å². The van der Waals surface area contributed by atoms with Gasteiger partial charge in [-0.3, -0.25) is 0 Å². The fraction of sp³-hybridized carbons (Fsp3) is 0.500. The molecule has 0 N–H and O–H groups in total. The maximum atomic E-state index is 5.01. The molecule has 2 heteroatoms. The molecule has 0 fully saturated rings. The molecular weight excluding hydrogens is 190 g/mol. The second-order valence-electron chi connectivity index (χ2n) is 1.89. The van der Waals surface area contributed by atoms with Crippen LogP contribution in [0.2, 0.25) is 0 Å². The SMILES string of the molecule is Br.C#CCCC#CN(C)C. The van der Waals surface area contributed by atoms with Gasteiger partial charge in [-0.25, -0.2) is 0 Å². The Balaban J connectivity index is 0. The smallest absolute Gasteiger partial charge is 0.0217 e. The van der Waals surface area contributed by atoms with E-state index < -0.39 is 0 Å². The highest BCUT2D eigenvalue weighted by Crippen LogP contribution is 1.81. The second-order valence-corrected chi connectivity index (χ2v) is 1.89. The predicted molar refractivity (Wildman–Crippen MR) is 49.9 cm³/mol. The van der Waals surface area contributed by atoms with Crippen molar-refractivity contribution in [2.45, 2.75) is 12.8 Å². The van der Waals surface area contributed by atoms with E-state index in [0.29, 0.717) is 0 Å². The number of hydrogen-bond acceptors (Lipinski definition) is 1. The van der Waals surface area contributed by atoms with Crippen molar-refractivity contribution in [3.63, 3.8) is 0 Å². The monoisotopic (exact) mass is 201 g/mol. The van der Waals surface area contributed by atoms with E-state index >= 15 is 0 Å². The number of terminal acetylenes is 1. The van der Waals surface area contributed by atoms with E-state index in [1.165, 1.54) is 0 Å². The van der Waals surface area contributed by atoms with Crippen LogP contribution < -0.4 is 0 Å². The first-order chi connectivity index (χ1) is 4.27. The number of nitrogens with zero attached hydrogens (tertiary/aromatic N) is 1. The van der Waals surface area contributed by atoms with Gasteiger partial charge in [-0.2, -0.15) is 0 Å². The zero-order valence-corrected chi connectivity index (χ0v) is 8.06. The van der Waals surface area contributed by atoms with Crippen molar-refractivity contribution in [2.75, 3.05) is 14.1 Å². The second kappa shape index (κ2) is 8.40.